The van der Waals surface area contributed by atoms with Gasteiger partial charge in [-0.2, -0.15) is 0 Å². The van der Waals surface area contributed by atoms with E-state index in [4.69, 9.17) is 0 Å². The van der Waals surface area contributed by atoms with Crippen molar-refractivity contribution in [3.63, 3.8) is 0 Å². The number of hydrogen-bond donors (Lipinski definition) is 0. The lowest BCUT2D eigenvalue weighted by atomic mass is 9.40. The normalized spacial score (nSPS) is 25.6. The van der Waals surface area contributed by atoms with Crippen LogP contribution >= 0.6 is 15.9 Å². The fourth-order valence-electron chi connectivity index (χ4n) is 25.9. The van der Waals surface area contributed by atoms with Crippen molar-refractivity contribution >= 4 is 313 Å². The first kappa shape index (κ1) is 25.5. The molecular formula is C67H5BrO. The van der Waals surface area contributed by atoms with E-state index in [1.54, 1.807) is 313 Å². The molecule has 0 radical (unpaired) electrons. The Morgan fingerprint density at radius 3 is 0.623 bits per heavy atom. The van der Waals surface area contributed by atoms with Crippen LogP contribution in [0, 0.1) is 11.8 Å². The molecule has 35 rings (SSSR count). The van der Waals surface area contributed by atoms with Gasteiger partial charge in [-0.1, -0.05) is 18.2 Å². The molecule has 0 aliphatic heterocycles. The van der Waals surface area contributed by atoms with Gasteiger partial charge in [0.1, 0.15) is 0 Å². The molecule has 0 unspecified atom stereocenters. The van der Waals surface area contributed by atoms with E-state index in [0.717, 1.165) is 4.48 Å². The van der Waals surface area contributed by atoms with Gasteiger partial charge in [0.25, 0.3) is 0 Å². The summed E-state index contributed by atoms with van der Waals surface area (Å²) >= 11 is 4.14. The molecule has 2 bridgehead atoms. The molecule has 2 heteroatoms. The number of ketones is 1. The van der Waals surface area contributed by atoms with E-state index in [2.05, 4.69) is 34.2 Å². The number of fused-ring (bicyclic) bond motifs is 1. The Morgan fingerprint density at radius 1 is 0.246 bits per heavy atom. The third-order valence-corrected chi connectivity index (χ3v) is 26.4. The molecule has 2 spiro atoms. The van der Waals surface area contributed by atoms with Crippen molar-refractivity contribution in [2.75, 3.05) is 0 Å². The molecule has 0 saturated heterocycles. The number of allylic oxidation sites excluding steroid dienone is 4. The minimum Gasteiger partial charge on any atom is -0.293 e. The van der Waals surface area contributed by atoms with Gasteiger partial charge in [-0.15, -0.1) is 0 Å². The second-order valence-electron chi connectivity index (χ2n) is 25.6. The summed E-state index contributed by atoms with van der Waals surface area (Å²) in [6.07, 6.45) is 7.51. The zero-order valence-electron chi connectivity index (χ0n) is 34.7. The van der Waals surface area contributed by atoms with Crippen LogP contribution in [0.25, 0.3) is 291 Å². The molecule has 0 saturated carbocycles. The van der Waals surface area contributed by atoms with E-state index in [-0.39, 0.29) is 11.8 Å². The maximum absolute atomic E-state index is 16.2. The van der Waals surface area contributed by atoms with Gasteiger partial charge in [0, 0.05) is 11.3 Å². The van der Waals surface area contributed by atoms with Crippen LogP contribution in [0.2, 0.25) is 0 Å². The van der Waals surface area contributed by atoms with Crippen LogP contribution < -0.4 is 0 Å². The molecule has 7 aliphatic carbocycles. The van der Waals surface area contributed by atoms with E-state index >= 15 is 4.79 Å². The Bertz CT molecular complexity index is 7180. The van der Waals surface area contributed by atoms with Gasteiger partial charge in [0.15, 0.2) is 5.78 Å². The Morgan fingerprint density at radius 2 is 0.420 bits per heavy atom. The predicted molar refractivity (Wildman–Crippen MR) is 292 cm³/mol. The fraction of sp³-hybridized carbons (Fsp3) is 0.0597. The molecule has 0 fully saturated rings. The minimum atomic E-state index is -0.582. The highest BCUT2D eigenvalue weighted by Gasteiger charge is 2.75. The molecule has 0 aromatic heterocycles. The van der Waals surface area contributed by atoms with Gasteiger partial charge in [-0.3, -0.25) is 4.79 Å². The average Bonchev–Trinajstić information content (AvgIpc) is 4.28. The lowest BCUT2D eigenvalue weighted by Crippen LogP contribution is -2.61. The minimum absolute atomic E-state index is 0.0188. The third-order valence-electron chi connectivity index (χ3n) is 25.8. The van der Waals surface area contributed by atoms with Crippen LogP contribution in [0.5, 0.6) is 0 Å². The molecule has 28 aromatic carbocycles. The van der Waals surface area contributed by atoms with E-state index in [1.165, 1.54) is 0 Å². The van der Waals surface area contributed by atoms with Crippen LogP contribution in [0.1, 0.15) is 22.3 Å². The van der Waals surface area contributed by atoms with Crippen LogP contribution in [0.15, 0.2) is 22.7 Å². The van der Waals surface area contributed by atoms with Gasteiger partial charge in [-0.05, 0) is 329 Å². The molecule has 0 amide bonds. The number of carbonyl (C=O) groups excluding carboxylic acids is 1. The van der Waals surface area contributed by atoms with E-state index in [9.17, 15) is 0 Å². The standard InChI is InChI=1S/C67H5BrO/c68-6-3-4-1-2-5(65(6)69)67-63-57-51-41-33-23-15-11-8-7-9-13(15)21-29(23)43(51)49-39-31(21)25-17(9)18-10(7)14-16-12(8)20-19(11)27(33)37-38-28(20)34-24(16)30-22(14)32-26(18)36-35(25)45(39)53-54-46(36)40(32)50-44(30)52-42(34)48(38)60(59(63)47(37)41)64(67)58(52)56(50)62(54)66(4,67)61(53)55(49)57/h1-5H/t4-,5+,66?,67?/m1/s1. The van der Waals surface area contributed by atoms with Gasteiger partial charge in [0.05, 0.1) is 15.8 Å². The molecule has 28 aromatic rings. The monoisotopic (exact) mass is 904 g/mol. The molecular weight excluding hydrogens is 901 g/mol. The van der Waals surface area contributed by atoms with Crippen LogP contribution in [-0.4, -0.2) is 5.78 Å². The van der Waals surface area contributed by atoms with E-state index in [0.29, 0.717) is 5.78 Å². The Balaban J connectivity index is 1.23. The molecule has 7 aliphatic rings. The molecule has 0 N–H and O–H groups in total. The fourth-order valence-corrected chi connectivity index (χ4v) is 26.4. The van der Waals surface area contributed by atoms with Crippen molar-refractivity contribution in [2.24, 2.45) is 11.8 Å². The van der Waals surface area contributed by atoms with Crippen LogP contribution in [0.3, 0.4) is 0 Å². The van der Waals surface area contributed by atoms with Crippen LogP contribution in [-0.2, 0) is 15.6 Å². The first-order valence-electron chi connectivity index (χ1n) is 25.6. The van der Waals surface area contributed by atoms with E-state index < -0.39 is 10.8 Å². The summed E-state index contributed by atoms with van der Waals surface area (Å²) in [5, 5.41) is 86.9. The summed E-state index contributed by atoms with van der Waals surface area (Å²) < 4.78 is 0.804. The molecule has 286 valence electrons. The molecule has 69 heavy (non-hydrogen) atoms. The summed E-state index contributed by atoms with van der Waals surface area (Å²) in [4.78, 5) is 16.2. The summed E-state index contributed by atoms with van der Waals surface area (Å²) in [5.74, 6) is -0.00826. The SMILES string of the molecule is O=C1C(Br)=C[C@H]2C=C[C@@H]1C13c4c5c6c7c8c9c(c%10c%11c1c1c4c4c%12c5c5c6c6c8c8c%13c9c9c%10c%10c%11c%11c1c1c4c4c%12c%12c5c5c6c8c6c8c%13c9c9c%10c%10c%11c1c1c4c4c%12c5c6c5c8c9c%10c1c45)C723. The van der Waals surface area contributed by atoms with Gasteiger partial charge in [0.2, 0.25) is 0 Å². The van der Waals surface area contributed by atoms with Crippen molar-refractivity contribution < 1.29 is 4.79 Å². The van der Waals surface area contributed by atoms with Crippen molar-refractivity contribution in [3.8, 4) is 0 Å². The van der Waals surface area contributed by atoms with Crippen molar-refractivity contribution in [1.29, 1.82) is 0 Å². The Labute approximate surface area is 382 Å². The smallest absolute Gasteiger partial charge is 0.177 e. The first-order chi connectivity index (χ1) is 34.3. The lowest BCUT2D eigenvalue weighted by molar-refractivity contribution is -0.119. The van der Waals surface area contributed by atoms with E-state index in [1.807, 2.05) is 0 Å². The number of rotatable bonds is 0. The highest BCUT2D eigenvalue weighted by atomic mass is 79.9. The predicted octanol–water partition coefficient (Wildman–Crippen LogP) is 18.0. The van der Waals surface area contributed by atoms with Gasteiger partial charge >= 0.3 is 0 Å². The summed E-state index contributed by atoms with van der Waals surface area (Å²) in [6, 6.07) is 0. The summed E-state index contributed by atoms with van der Waals surface area (Å²) in [7, 11) is 0. The largest absolute Gasteiger partial charge is 0.293 e. The highest BCUT2D eigenvalue weighted by molar-refractivity contribution is 9.12. The third kappa shape index (κ3) is 1.31. The quantitative estimate of drug-likeness (QED) is 0.109. The van der Waals surface area contributed by atoms with Crippen molar-refractivity contribution in [2.45, 2.75) is 10.8 Å². The summed E-state index contributed by atoms with van der Waals surface area (Å²) in [5.41, 5.74) is 5.40. The zero-order valence-corrected chi connectivity index (χ0v) is 36.3. The maximum Gasteiger partial charge on any atom is 0.177 e. The first-order valence-corrected chi connectivity index (χ1v) is 26.4. The van der Waals surface area contributed by atoms with Crippen molar-refractivity contribution in [1.82, 2.24) is 0 Å². The number of Topliss-reactive ketones (excluding diaryl/α,β-unsaturated/α-hetero) is 1. The molecule has 1 nitrogen and oxygen atoms in total. The second kappa shape index (κ2) is 5.63. The van der Waals surface area contributed by atoms with Gasteiger partial charge < -0.3 is 0 Å². The maximum atomic E-state index is 16.2. The Kier molecular flexibility index (Phi) is 2.08. The second-order valence-corrected chi connectivity index (χ2v) is 26.5. The summed E-state index contributed by atoms with van der Waals surface area (Å²) in [6.45, 7) is 0. The molecule has 2 atom stereocenters. The zero-order chi connectivity index (χ0) is 40.9. The molecule has 0 heterocycles. The van der Waals surface area contributed by atoms with Crippen molar-refractivity contribution in [3.05, 3.63) is 45.0 Å². The highest BCUT2D eigenvalue weighted by Crippen LogP contribution is 2.87. The number of hydrogen-bond acceptors (Lipinski definition) is 1. The van der Waals surface area contributed by atoms with Gasteiger partial charge in [-0.25, -0.2) is 0 Å². The number of carbonyl (C=O) groups is 1. The van der Waals surface area contributed by atoms with Crippen LogP contribution in [0.4, 0.5) is 0 Å². The number of benzene rings is 18. The average molecular weight is 906 g/mol. The lowest BCUT2D eigenvalue weighted by Gasteiger charge is -2.60. The number of halogens is 1. The Hall–Kier alpha value is -7.91. The topological polar surface area (TPSA) is 17.1 Å².